The van der Waals surface area contributed by atoms with Crippen LogP contribution < -0.4 is 17.0 Å². The number of H-pyrrole nitrogens is 1. The van der Waals surface area contributed by atoms with Crippen molar-refractivity contribution in [3.05, 3.63) is 29.3 Å². The third-order valence-corrected chi connectivity index (χ3v) is 9.51. The number of nitrogens with one attached hydrogen (secondary N) is 1. The van der Waals surface area contributed by atoms with Gasteiger partial charge in [-0.25, -0.2) is 28.7 Å². The second-order valence-corrected chi connectivity index (χ2v) is 12.1. The molecule has 20 heteroatoms. The number of aromatic nitrogens is 8. The summed E-state index contributed by atoms with van der Waals surface area (Å²) in [6.07, 6.45) is -5.69. The number of nitrogens with two attached hydrogens (primary N) is 2. The van der Waals surface area contributed by atoms with Gasteiger partial charge in [0.1, 0.15) is 24.6 Å². The maximum Gasteiger partial charge on any atom is 0.698 e. The highest BCUT2D eigenvalue weighted by Gasteiger charge is 2.52. The summed E-state index contributed by atoms with van der Waals surface area (Å²) in [4.78, 5) is 34.4. The van der Waals surface area contributed by atoms with Gasteiger partial charge >= 0.3 is 8.25 Å². The Hall–Kier alpha value is -3.27. The SMILES string of the molecule is CC1PC2[C@@H](CO[P+](=O)O[C@@H]([C@@H](O)n3cnc4c(=O)[nH]c(N)nc43)[C@H]1F)O[C@@H](n1cnc3c(N)ncnc31)[C@H]2F. The highest BCUT2D eigenvalue weighted by atomic mass is 31.1. The fourth-order valence-corrected chi connectivity index (χ4v) is 7.33. The third-order valence-electron chi connectivity index (χ3n) is 6.82. The zero-order valence-corrected chi connectivity index (χ0v) is 22.4. The fourth-order valence-electron chi connectivity index (χ4n) is 4.85. The van der Waals surface area contributed by atoms with Crippen LogP contribution in [0.25, 0.3) is 22.3 Å². The van der Waals surface area contributed by atoms with Gasteiger partial charge in [0.15, 0.2) is 47.4 Å². The Morgan fingerprint density at radius 2 is 1.95 bits per heavy atom. The van der Waals surface area contributed by atoms with Crippen LogP contribution in [0.5, 0.6) is 0 Å². The van der Waals surface area contributed by atoms with E-state index >= 15 is 8.78 Å². The minimum atomic E-state index is -3.00. The number of hydrogen-bond acceptors (Lipinski definition) is 13. The van der Waals surface area contributed by atoms with E-state index < -0.39 is 62.1 Å². The molecule has 10 atom stereocenters. The van der Waals surface area contributed by atoms with E-state index in [0.717, 1.165) is 10.9 Å². The topological polar surface area (TPSA) is 224 Å². The van der Waals surface area contributed by atoms with E-state index in [-0.39, 0.29) is 49.3 Å². The summed E-state index contributed by atoms with van der Waals surface area (Å²) in [7, 11) is -3.36. The molecule has 0 amide bonds. The molecule has 0 bridgehead atoms. The number of alkyl halides is 2. The van der Waals surface area contributed by atoms with Gasteiger partial charge in [0.05, 0.1) is 18.8 Å². The third kappa shape index (κ3) is 4.50. The summed E-state index contributed by atoms with van der Waals surface area (Å²) in [5, 5.41) is 11.1. The Kier molecular flexibility index (Phi) is 6.92. The molecule has 2 aliphatic rings. The molecule has 4 aromatic heterocycles. The van der Waals surface area contributed by atoms with Crippen LogP contribution in [0.1, 0.15) is 19.4 Å². The Morgan fingerprint density at radius 3 is 2.75 bits per heavy atom. The molecule has 0 radical (unpaired) electrons. The van der Waals surface area contributed by atoms with Crippen LogP contribution in [0.3, 0.4) is 0 Å². The molecule has 212 valence electrons. The number of fused-ring (bicyclic) bond motifs is 3. The molecule has 6 rings (SSSR count). The van der Waals surface area contributed by atoms with E-state index in [1.807, 2.05) is 0 Å². The van der Waals surface area contributed by atoms with E-state index in [1.165, 1.54) is 24.1 Å². The summed E-state index contributed by atoms with van der Waals surface area (Å²) >= 11 is 0. The van der Waals surface area contributed by atoms with Crippen LogP contribution in [0.2, 0.25) is 0 Å². The monoisotopic (exact) mass is 599 g/mol. The van der Waals surface area contributed by atoms with Crippen molar-refractivity contribution in [2.45, 2.75) is 55.2 Å². The smallest absolute Gasteiger partial charge is 0.382 e. The van der Waals surface area contributed by atoms with Crippen LogP contribution in [0.15, 0.2) is 23.8 Å². The number of hydrogen-bond donors (Lipinski definition) is 4. The van der Waals surface area contributed by atoms with Crippen molar-refractivity contribution >= 4 is 50.9 Å². The van der Waals surface area contributed by atoms with Gasteiger partial charge in [-0.05, 0) is 0 Å². The molecular weight excluding hydrogens is 576 g/mol. The molecule has 0 spiro atoms. The number of rotatable bonds is 3. The molecule has 6 heterocycles. The molecule has 4 aromatic rings. The number of imidazole rings is 2. The summed E-state index contributed by atoms with van der Waals surface area (Å²) < 4.78 is 63.6. The zero-order valence-electron chi connectivity index (χ0n) is 20.5. The minimum absolute atomic E-state index is 0.113. The van der Waals surface area contributed by atoms with Gasteiger partial charge < -0.3 is 21.3 Å². The van der Waals surface area contributed by atoms with Crippen molar-refractivity contribution in [3.8, 4) is 0 Å². The largest absolute Gasteiger partial charge is 0.698 e. The lowest BCUT2D eigenvalue weighted by molar-refractivity contribution is -0.0600. The molecule has 0 aliphatic carbocycles. The maximum absolute atomic E-state index is 16.0. The van der Waals surface area contributed by atoms with Crippen LogP contribution >= 0.6 is 16.8 Å². The Labute approximate surface area is 225 Å². The first-order valence-electron chi connectivity index (χ1n) is 11.9. The average Bonchev–Trinajstić information content (AvgIpc) is 3.62. The second-order valence-electron chi connectivity index (χ2n) is 9.30. The van der Waals surface area contributed by atoms with E-state index in [9.17, 15) is 14.5 Å². The summed E-state index contributed by atoms with van der Waals surface area (Å²) in [5.41, 5.74) is 9.26. The summed E-state index contributed by atoms with van der Waals surface area (Å²) in [6, 6.07) is 0. The van der Waals surface area contributed by atoms with Crippen molar-refractivity contribution in [2.24, 2.45) is 0 Å². The van der Waals surface area contributed by atoms with Gasteiger partial charge in [-0.2, -0.15) is 4.98 Å². The van der Waals surface area contributed by atoms with Crippen molar-refractivity contribution in [1.29, 1.82) is 0 Å². The normalized spacial score (nSPS) is 32.0. The lowest BCUT2D eigenvalue weighted by atomic mass is 10.1. The predicted molar refractivity (Wildman–Crippen MR) is 137 cm³/mol. The Morgan fingerprint density at radius 1 is 1.18 bits per heavy atom. The molecule has 0 aromatic carbocycles. The predicted octanol–water partition coefficient (Wildman–Crippen LogP) is 0.697. The fraction of sp³-hybridized carbons (Fsp3) is 0.500. The van der Waals surface area contributed by atoms with Crippen molar-refractivity contribution in [3.63, 3.8) is 0 Å². The van der Waals surface area contributed by atoms with Gasteiger partial charge in [0, 0.05) is 15.9 Å². The highest BCUT2D eigenvalue weighted by molar-refractivity contribution is 7.40. The molecule has 2 fully saturated rings. The van der Waals surface area contributed by atoms with E-state index in [4.69, 9.17) is 25.3 Å². The zero-order chi connectivity index (χ0) is 28.3. The molecule has 4 unspecified atom stereocenters. The quantitative estimate of drug-likeness (QED) is 0.238. The summed E-state index contributed by atoms with van der Waals surface area (Å²) in [5.74, 6) is -0.142. The lowest BCUT2D eigenvalue weighted by Gasteiger charge is -2.29. The molecule has 16 nitrogen and oxygen atoms in total. The standard InChI is InChI=1S/C20H22F2N10O6P2/c1-6-8(21)12(18(34)31-4-28-11-16(31)29-20(24)30-17(11)33)38-40(35)36-2-7-13(39-6)9(22)19(37-7)32-5-27-10-14(23)25-3-26-15(10)32/h3-9,12-13,18-19,34,39H,2H2,1H3,(H4-,23,24,25,26,29,30,33)/p+1/t6?,7-,8+,9+,12-,13?,18-,19-/m1/s1. The number of ether oxygens (including phenoxy) is 1. The van der Waals surface area contributed by atoms with Crippen LogP contribution in [0, 0.1) is 0 Å². The lowest BCUT2D eigenvalue weighted by Crippen LogP contribution is -2.41. The molecule has 6 N–H and O–H groups in total. The van der Waals surface area contributed by atoms with E-state index in [2.05, 4.69) is 29.9 Å². The maximum atomic E-state index is 16.0. The van der Waals surface area contributed by atoms with Gasteiger partial charge in [0.2, 0.25) is 5.95 Å². The van der Waals surface area contributed by atoms with E-state index in [0.29, 0.717) is 0 Å². The molecule has 0 saturated carbocycles. The van der Waals surface area contributed by atoms with Crippen LogP contribution in [-0.2, 0) is 18.3 Å². The van der Waals surface area contributed by atoms with Crippen LogP contribution in [0.4, 0.5) is 20.5 Å². The minimum Gasteiger partial charge on any atom is -0.382 e. The number of nitrogens with zero attached hydrogens (tertiary/aromatic N) is 7. The Balaban J connectivity index is 1.29. The number of anilines is 2. The molecular formula is C20H23F2N10O6P2+. The highest BCUT2D eigenvalue weighted by Crippen LogP contribution is 2.48. The number of nitrogen functional groups attached to an aromatic ring is 2. The summed E-state index contributed by atoms with van der Waals surface area (Å²) in [6.45, 7) is 1.19. The van der Waals surface area contributed by atoms with E-state index in [1.54, 1.807) is 0 Å². The van der Waals surface area contributed by atoms with Gasteiger partial charge in [0.25, 0.3) is 5.56 Å². The number of aliphatic hydroxyl groups is 1. The first-order valence-corrected chi connectivity index (χ1v) is 14.2. The number of aliphatic hydroxyl groups excluding tert-OH is 1. The van der Waals surface area contributed by atoms with Crippen molar-refractivity contribution < 1.29 is 32.2 Å². The van der Waals surface area contributed by atoms with Crippen LogP contribution in [-0.4, -0.2) is 86.6 Å². The van der Waals surface area contributed by atoms with Gasteiger partial charge in [-0.1, -0.05) is 6.92 Å². The molecule has 2 aliphatic heterocycles. The number of halogens is 2. The number of aromatic amines is 1. The van der Waals surface area contributed by atoms with Crippen molar-refractivity contribution in [2.75, 3.05) is 18.1 Å². The first kappa shape index (κ1) is 26.9. The second kappa shape index (κ2) is 10.3. The molecule has 40 heavy (non-hydrogen) atoms. The Bertz CT molecular complexity index is 1650. The van der Waals surface area contributed by atoms with Gasteiger partial charge in [-0.15, -0.1) is 17.6 Å². The van der Waals surface area contributed by atoms with Crippen molar-refractivity contribution in [1.82, 2.24) is 39.0 Å². The average molecular weight is 599 g/mol. The first-order chi connectivity index (χ1) is 19.1. The van der Waals surface area contributed by atoms with Gasteiger partial charge in [-0.3, -0.25) is 18.9 Å². The molecule has 2 saturated heterocycles.